The molecule has 158 valence electrons. The Bertz CT molecular complexity index is 1590. The van der Waals surface area contributed by atoms with Crippen LogP contribution in [0.4, 0.5) is 4.39 Å². The number of para-hydroxylation sites is 1. The van der Waals surface area contributed by atoms with E-state index in [-0.39, 0.29) is 22.4 Å². The molecule has 0 aliphatic carbocycles. The largest absolute Gasteiger partial charge is 0.505 e. The van der Waals surface area contributed by atoms with Crippen LogP contribution in [0.25, 0.3) is 21.9 Å². The summed E-state index contributed by atoms with van der Waals surface area (Å²) < 4.78 is 21.3. The Morgan fingerprint density at radius 3 is 2.38 bits per heavy atom. The van der Waals surface area contributed by atoms with E-state index in [1.54, 1.807) is 66.7 Å². The van der Waals surface area contributed by atoms with Crippen LogP contribution in [-0.2, 0) is 6.54 Å². The molecular formula is C25H16FNO4S. The maximum atomic E-state index is 14.3. The fraction of sp³-hybridized carbons (Fsp3) is 0.0400. The van der Waals surface area contributed by atoms with Crippen LogP contribution in [0.5, 0.6) is 5.75 Å². The van der Waals surface area contributed by atoms with Crippen molar-refractivity contribution in [3.8, 4) is 5.75 Å². The molecule has 0 radical (unpaired) electrons. The van der Waals surface area contributed by atoms with Crippen molar-refractivity contribution in [2.45, 2.75) is 16.3 Å². The van der Waals surface area contributed by atoms with Gasteiger partial charge in [0.15, 0.2) is 11.3 Å². The Morgan fingerprint density at radius 2 is 1.59 bits per heavy atom. The van der Waals surface area contributed by atoms with E-state index in [2.05, 4.69) is 0 Å². The van der Waals surface area contributed by atoms with E-state index in [0.29, 0.717) is 21.4 Å². The van der Waals surface area contributed by atoms with Gasteiger partial charge in [0.2, 0.25) is 0 Å². The third kappa shape index (κ3) is 3.36. The van der Waals surface area contributed by atoms with Gasteiger partial charge >= 0.3 is 5.63 Å². The van der Waals surface area contributed by atoms with Gasteiger partial charge in [0.05, 0.1) is 12.1 Å². The Labute approximate surface area is 185 Å². The quantitative estimate of drug-likeness (QED) is 0.387. The highest BCUT2D eigenvalue weighted by Crippen LogP contribution is 2.37. The topological polar surface area (TPSA) is 72.4 Å². The molecule has 0 saturated carbocycles. The van der Waals surface area contributed by atoms with Crippen molar-refractivity contribution < 1.29 is 13.9 Å². The van der Waals surface area contributed by atoms with Crippen LogP contribution in [0, 0.1) is 5.82 Å². The van der Waals surface area contributed by atoms with Crippen molar-refractivity contribution >= 4 is 33.6 Å². The van der Waals surface area contributed by atoms with E-state index in [0.717, 1.165) is 11.8 Å². The number of halogens is 1. The summed E-state index contributed by atoms with van der Waals surface area (Å²) in [5.74, 6) is -0.879. The van der Waals surface area contributed by atoms with Gasteiger partial charge in [-0.25, -0.2) is 9.18 Å². The van der Waals surface area contributed by atoms with Crippen LogP contribution in [-0.4, -0.2) is 9.67 Å². The average Bonchev–Trinajstić information content (AvgIpc) is 2.81. The second-order valence-corrected chi connectivity index (χ2v) is 8.27. The summed E-state index contributed by atoms with van der Waals surface area (Å²) in [4.78, 5) is 26.9. The van der Waals surface area contributed by atoms with Gasteiger partial charge in [-0.3, -0.25) is 4.79 Å². The molecule has 0 bridgehead atoms. The Morgan fingerprint density at radius 1 is 0.906 bits per heavy atom. The lowest BCUT2D eigenvalue weighted by molar-refractivity contribution is 0.446. The average molecular weight is 445 g/mol. The molecule has 0 unspecified atom stereocenters. The summed E-state index contributed by atoms with van der Waals surface area (Å²) >= 11 is 1.02. The second kappa shape index (κ2) is 8.01. The highest BCUT2D eigenvalue weighted by Gasteiger charge is 2.22. The molecule has 5 nitrogen and oxygen atoms in total. The minimum atomic E-state index is -0.736. The molecule has 1 N–H and O–H groups in total. The molecule has 0 aliphatic heterocycles. The normalized spacial score (nSPS) is 11.3. The van der Waals surface area contributed by atoms with Gasteiger partial charge in [0.25, 0.3) is 5.56 Å². The van der Waals surface area contributed by atoms with Crippen LogP contribution in [0.15, 0.2) is 103 Å². The fourth-order valence-corrected chi connectivity index (χ4v) is 4.54. The van der Waals surface area contributed by atoms with E-state index in [4.69, 9.17) is 4.42 Å². The molecule has 2 heterocycles. The predicted molar refractivity (Wildman–Crippen MR) is 122 cm³/mol. The van der Waals surface area contributed by atoms with E-state index < -0.39 is 22.8 Å². The Kier molecular flexibility index (Phi) is 5.03. The number of pyridine rings is 1. The first-order valence-corrected chi connectivity index (χ1v) is 10.6. The first kappa shape index (κ1) is 20.1. The molecule has 2 aromatic heterocycles. The van der Waals surface area contributed by atoms with E-state index >= 15 is 0 Å². The van der Waals surface area contributed by atoms with Crippen molar-refractivity contribution in [3.05, 3.63) is 111 Å². The number of hydrogen-bond donors (Lipinski definition) is 1. The lowest BCUT2D eigenvalue weighted by atomic mass is 10.1. The zero-order chi connectivity index (χ0) is 22.2. The van der Waals surface area contributed by atoms with Gasteiger partial charge < -0.3 is 14.1 Å². The summed E-state index contributed by atoms with van der Waals surface area (Å²) in [6, 6.07) is 22.1. The third-order valence-corrected chi connectivity index (χ3v) is 6.28. The molecule has 0 aliphatic rings. The summed E-state index contributed by atoms with van der Waals surface area (Å²) in [6.45, 7) is -0.0400. The van der Waals surface area contributed by atoms with Crippen molar-refractivity contribution in [2.75, 3.05) is 0 Å². The standard InChI is InChI=1S/C25H16FNO4S/c26-18-12-6-4-8-15(18)14-27-19-13-7-5-11-17(19)22-20(24(27)29)21(28)23(25(30)31-22)32-16-9-2-1-3-10-16/h1-13,28H,14H2. The summed E-state index contributed by atoms with van der Waals surface area (Å²) in [5.41, 5.74) is -0.497. The van der Waals surface area contributed by atoms with Crippen LogP contribution < -0.4 is 11.2 Å². The Hall–Kier alpha value is -3.84. The Balaban J connectivity index is 1.81. The smallest absolute Gasteiger partial charge is 0.354 e. The molecule has 0 saturated heterocycles. The fourth-order valence-electron chi connectivity index (χ4n) is 3.69. The molecule has 0 fully saturated rings. The van der Waals surface area contributed by atoms with Crippen LogP contribution in [0.2, 0.25) is 0 Å². The maximum absolute atomic E-state index is 14.3. The zero-order valence-electron chi connectivity index (χ0n) is 16.6. The lowest BCUT2D eigenvalue weighted by Crippen LogP contribution is -2.23. The van der Waals surface area contributed by atoms with Crippen molar-refractivity contribution in [1.82, 2.24) is 4.57 Å². The SMILES string of the molecule is O=c1oc2c(c(O)c1Sc1ccccc1)c(=O)n(Cc1ccccc1F)c1ccccc21. The maximum Gasteiger partial charge on any atom is 0.354 e. The lowest BCUT2D eigenvalue weighted by Gasteiger charge is -2.14. The first-order valence-electron chi connectivity index (χ1n) is 9.82. The van der Waals surface area contributed by atoms with Crippen LogP contribution in [0.1, 0.15) is 5.56 Å². The number of aromatic hydroxyl groups is 1. The van der Waals surface area contributed by atoms with Crippen LogP contribution >= 0.6 is 11.8 Å². The molecule has 0 atom stereocenters. The van der Waals surface area contributed by atoms with Gasteiger partial charge in [-0.05, 0) is 30.3 Å². The second-order valence-electron chi connectivity index (χ2n) is 7.19. The zero-order valence-corrected chi connectivity index (χ0v) is 17.4. The number of fused-ring (bicyclic) bond motifs is 3. The van der Waals surface area contributed by atoms with Crippen molar-refractivity contribution in [2.24, 2.45) is 0 Å². The highest BCUT2D eigenvalue weighted by molar-refractivity contribution is 7.99. The predicted octanol–water partition coefficient (Wildman–Crippen LogP) is 5.15. The van der Waals surface area contributed by atoms with Gasteiger partial charge in [0.1, 0.15) is 16.1 Å². The van der Waals surface area contributed by atoms with Gasteiger partial charge in [0, 0.05) is 15.8 Å². The number of rotatable bonds is 4. The number of hydrogen-bond acceptors (Lipinski definition) is 5. The molecule has 3 aromatic carbocycles. The monoisotopic (exact) mass is 445 g/mol. The minimum Gasteiger partial charge on any atom is -0.505 e. The van der Waals surface area contributed by atoms with Gasteiger partial charge in [-0.15, -0.1) is 0 Å². The molecule has 0 amide bonds. The number of benzene rings is 3. The van der Waals surface area contributed by atoms with E-state index in [9.17, 15) is 19.1 Å². The third-order valence-electron chi connectivity index (χ3n) is 5.21. The van der Waals surface area contributed by atoms with Gasteiger partial charge in [-0.1, -0.05) is 60.3 Å². The van der Waals surface area contributed by atoms with E-state index in [1.165, 1.54) is 10.6 Å². The molecule has 7 heteroatoms. The summed E-state index contributed by atoms with van der Waals surface area (Å²) in [5, 5.41) is 11.4. The molecule has 5 rings (SSSR count). The number of aromatic nitrogens is 1. The molecule has 5 aromatic rings. The summed E-state index contributed by atoms with van der Waals surface area (Å²) in [7, 11) is 0. The first-order chi connectivity index (χ1) is 15.5. The molecular weight excluding hydrogens is 429 g/mol. The van der Waals surface area contributed by atoms with Crippen molar-refractivity contribution in [1.29, 1.82) is 0 Å². The van der Waals surface area contributed by atoms with Crippen LogP contribution in [0.3, 0.4) is 0 Å². The van der Waals surface area contributed by atoms with Gasteiger partial charge in [-0.2, -0.15) is 0 Å². The van der Waals surface area contributed by atoms with Crippen molar-refractivity contribution in [3.63, 3.8) is 0 Å². The summed E-state index contributed by atoms with van der Waals surface area (Å²) in [6.07, 6.45) is 0. The number of nitrogens with zero attached hydrogens (tertiary/aromatic N) is 1. The molecule has 0 spiro atoms. The minimum absolute atomic E-state index is 0.00953. The molecule has 32 heavy (non-hydrogen) atoms. The van der Waals surface area contributed by atoms with E-state index in [1.807, 2.05) is 6.07 Å². The highest BCUT2D eigenvalue weighted by atomic mass is 32.2.